The van der Waals surface area contributed by atoms with Gasteiger partial charge in [-0.15, -0.1) is 10.2 Å². The molecule has 0 spiro atoms. The first-order chi connectivity index (χ1) is 14.4. The molecule has 7 nitrogen and oxygen atoms in total. The number of carbonyl (C=O) groups is 2. The molecule has 0 unspecified atom stereocenters. The van der Waals surface area contributed by atoms with Crippen molar-refractivity contribution in [3.05, 3.63) is 64.0 Å². The summed E-state index contributed by atoms with van der Waals surface area (Å²) in [5.74, 6) is 0.616. The van der Waals surface area contributed by atoms with E-state index in [1.165, 1.54) is 30.6 Å². The average Bonchev–Trinajstić information content (AvgIpc) is 3.16. The Morgan fingerprint density at radius 1 is 1.03 bits per heavy atom. The normalized spacial score (nSPS) is 13.3. The zero-order valence-electron chi connectivity index (χ0n) is 16.4. The highest BCUT2D eigenvalue weighted by Crippen LogP contribution is 2.41. The summed E-state index contributed by atoms with van der Waals surface area (Å²) < 4.78 is 6.96. The van der Waals surface area contributed by atoms with Crippen LogP contribution < -0.4 is 9.75 Å². The zero-order chi connectivity index (χ0) is 21.4. The van der Waals surface area contributed by atoms with Crippen molar-refractivity contribution >= 4 is 40.8 Å². The van der Waals surface area contributed by atoms with E-state index in [0.29, 0.717) is 37.9 Å². The molecule has 0 radical (unpaired) electrons. The lowest BCUT2D eigenvalue weighted by Gasteiger charge is -2.32. The van der Waals surface area contributed by atoms with Gasteiger partial charge in [0.15, 0.2) is 11.6 Å². The molecule has 1 amide bonds. The van der Waals surface area contributed by atoms with Crippen LogP contribution in [0.25, 0.3) is 17.1 Å². The third-order valence-electron chi connectivity index (χ3n) is 4.50. The molecule has 0 aliphatic carbocycles. The van der Waals surface area contributed by atoms with Gasteiger partial charge in [0.05, 0.1) is 17.7 Å². The van der Waals surface area contributed by atoms with Gasteiger partial charge in [-0.05, 0) is 55.1 Å². The molecule has 2 heterocycles. The number of halogens is 1. The van der Waals surface area contributed by atoms with Crippen LogP contribution in [0.3, 0.4) is 0 Å². The van der Waals surface area contributed by atoms with Crippen molar-refractivity contribution in [1.82, 2.24) is 14.9 Å². The number of nitrogens with zero attached hydrogens (tertiary/aromatic N) is 4. The van der Waals surface area contributed by atoms with Crippen LogP contribution in [-0.4, -0.2) is 33.7 Å². The van der Waals surface area contributed by atoms with Crippen LogP contribution in [-0.2, 0) is 9.59 Å². The third-order valence-corrected chi connectivity index (χ3v) is 5.87. The molecule has 0 fully saturated rings. The molecule has 4 rings (SSSR count). The SMILES string of the molecule is COc1cccc(C2=C(C(C)=O)Sc3nnc(-c4ccc(Cl)cc4)n3N2C(C)=O)c1. The number of hydrogen-bond donors (Lipinski definition) is 0. The fraction of sp³-hybridized carbons (Fsp3) is 0.143. The number of methoxy groups -OCH3 is 1. The molecular formula is C21H17ClN4O3S. The van der Waals surface area contributed by atoms with Gasteiger partial charge >= 0.3 is 0 Å². The first kappa shape index (κ1) is 20.2. The number of benzene rings is 2. The van der Waals surface area contributed by atoms with Gasteiger partial charge in [-0.25, -0.2) is 5.01 Å². The molecule has 1 aliphatic heterocycles. The maximum atomic E-state index is 12.8. The minimum Gasteiger partial charge on any atom is -0.497 e. The quantitative estimate of drug-likeness (QED) is 0.606. The van der Waals surface area contributed by atoms with E-state index in [0.717, 1.165) is 5.56 Å². The number of rotatable bonds is 4. The molecule has 0 atom stereocenters. The standard InChI is InChI=1S/C21H17ClN4O3S/c1-12(27)19-18(15-5-4-6-17(11-15)29-3)25(13(2)28)26-20(23-24-21(26)30-19)14-7-9-16(22)10-8-14/h4-11H,1-3H3. The Hall–Kier alpha value is -3.10. The van der Waals surface area contributed by atoms with Gasteiger partial charge in [0.25, 0.3) is 0 Å². The van der Waals surface area contributed by atoms with E-state index in [-0.39, 0.29) is 11.7 Å². The third kappa shape index (κ3) is 3.48. The molecular weight excluding hydrogens is 424 g/mol. The van der Waals surface area contributed by atoms with Crippen LogP contribution >= 0.6 is 23.4 Å². The number of thioether (sulfide) groups is 1. The molecule has 0 N–H and O–H groups in total. The smallest absolute Gasteiger partial charge is 0.243 e. The first-order valence-corrected chi connectivity index (χ1v) is 10.2. The summed E-state index contributed by atoms with van der Waals surface area (Å²) in [6.45, 7) is 2.90. The van der Waals surface area contributed by atoms with Crippen molar-refractivity contribution in [3.63, 3.8) is 0 Å². The summed E-state index contributed by atoms with van der Waals surface area (Å²) in [6.07, 6.45) is 0. The van der Waals surface area contributed by atoms with E-state index < -0.39 is 0 Å². The maximum Gasteiger partial charge on any atom is 0.243 e. The van der Waals surface area contributed by atoms with Gasteiger partial charge < -0.3 is 4.74 Å². The molecule has 1 aromatic heterocycles. The van der Waals surface area contributed by atoms with Crippen molar-refractivity contribution < 1.29 is 14.3 Å². The Morgan fingerprint density at radius 2 is 1.77 bits per heavy atom. The fourth-order valence-electron chi connectivity index (χ4n) is 3.18. The largest absolute Gasteiger partial charge is 0.497 e. The van der Waals surface area contributed by atoms with Crippen molar-refractivity contribution in [2.24, 2.45) is 0 Å². The summed E-state index contributed by atoms with van der Waals surface area (Å²) in [6, 6.07) is 14.3. The summed E-state index contributed by atoms with van der Waals surface area (Å²) in [7, 11) is 1.56. The second-order valence-corrected chi connectivity index (χ2v) is 7.94. The summed E-state index contributed by atoms with van der Waals surface area (Å²) in [5.41, 5.74) is 1.87. The molecule has 1 aliphatic rings. The number of aromatic nitrogens is 3. The highest BCUT2D eigenvalue weighted by atomic mass is 35.5. The lowest BCUT2D eigenvalue weighted by atomic mass is 10.1. The lowest BCUT2D eigenvalue weighted by molar-refractivity contribution is -0.117. The second kappa shape index (κ2) is 7.97. The fourth-order valence-corrected chi connectivity index (χ4v) is 4.27. The van der Waals surface area contributed by atoms with Crippen LogP contribution in [0.1, 0.15) is 19.4 Å². The first-order valence-electron chi connectivity index (χ1n) is 9.00. The Kier molecular flexibility index (Phi) is 5.36. The molecule has 0 bridgehead atoms. The molecule has 30 heavy (non-hydrogen) atoms. The van der Waals surface area contributed by atoms with E-state index >= 15 is 0 Å². The Balaban J connectivity index is 1.96. The van der Waals surface area contributed by atoms with Crippen LogP contribution in [0.4, 0.5) is 0 Å². The summed E-state index contributed by atoms with van der Waals surface area (Å²) in [4.78, 5) is 25.8. The Bertz CT molecular complexity index is 1190. The number of ketones is 1. The van der Waals surface area contributed by atoms with E-state index in [1.54, 1.807) is 48.2 Å². The summed E-state index contributed by atoms with van der Waals surface area (Å²) in [5, 5.41) is 10.9. The van der Waals surface area contributed by atoms with Gasteiger partial charge in [0.1, 0.15) is 5.75 Å². The average molecular weight is 441 g/mol. The van der Waals surface area contributed by atoms with Crippen molar-refractivity contribution in [3.8, 4) is 17.1 Å². The molecule has 152 valence electrons. The van der Waals surface area contributed by atoms with E-state index in [2.05, 4.69) is 10.2 Å². The minimum absolute atomic E-state index is 0.175. The van der Waals surface area contributed by atoms with Gasteiger partial charge in [0.2, 0.25) is 11.1 Å². The van der Waals surface area contributed by atoms with E-state index in [9.17, 15) is 9.59 Å². The predicted octanol–water partition coefficient (Wildman–Crippen LogP) is 4.16. The number of hydrogen-bond acceptors (Lipinski definition) is 6. The van der Waals surface area contributed by atoms with E-state index in [1.807, 2.05) is 12.1 Å². The van der Waals surface area contributed by atoms with Crippen LogP contribution in [0.15, 0.2) is 58.6 Å². The van der Waals surface area contributed by atoms with Crippen LogP contribution in [0, 0.1) is 0 Å². The highest BCUT2D eigenvalue weighted by Gasteiger charge is 2.35. The number of amides is 1. The van der Waals surface area contributed by atoms with Crippen molar-refractivity contribution in [2.45, 2.75) is 19.0 Å². The maximum absolute atomic E-state index is 12.8. The molecule has 0 saturated carbocycles. The van der Waals surface area contributed by atoms with Gasteiger partial charge in [-0.2, -0.15) is 4.68 Å². The monoisotopic (exact) mass is 440 g/mol. The van der Waals surface area contributed by atoms with Gasteiger partial charge in [-0.3, -0.25) is 9.59 Å². The number of carbonyl (C=O) groups excluding carboxylic acids is 2. The topological polar surface area (TPSA) is 77.3 Å². The number of allylic oxidation sites excluding steroid dienone is 1. The summed E-state index contributed by atoms with van der Waals surface area (Å²) >= 11 is 7.19. The number of ether oxygens (including phenoxy) is 1. The van der Waals surface area contributed by atoms with Crippen molar-refractivity contribution in [2.75, 3.05) is 12.1 Å². The van der Waals surface area contributed by atoms with Crippen LogP contribution in [0.2, 0.25) is 5.02 Å². The van der Waals surface area contributed by atoms with Gasteiger partial charge in [-0.1, -0.05) is 23.7 Å². The highest BCUT2D eigenvalue weighted by molar-refractivity contribution is 8.04. The Labute approximate surface area is 182 Å². The lowest BCUT2D eigenvalue weighted by Crippen LogP contribution is -2.41. The Morgan fingerprint density at radius 3 is 2.40 bits per heavy atom. The van der Waals surface area contributed by atoms with E-state index in [4.69, 9.17) is 16.3 Å². The van der Waals surface area contributed by atoms with Gasteiger partial charge in [0, 0.05) is 23.1 Å². The molecule has 0 saturated heterocycles. The molecule has 3 aromatic rings. The minimum atomic E-state index is -0.289. The van der Waals surface area contributed by atoms with Crippen LogP contribution in [0.5, 0.6) is 5.75 Å². The molecule has 9 heteroatoms. The number of fused-ring (bicyclic) bond motifs is 1. The second-order valence-electron chi connectivity index (χ2n) is 6.52. The van der Waals surface area contributed by atoms with Crippen molar-refractivity contribution in [1.29, 1.82) is 0 Å². The zero-order valence-corrected chi connectivity index (χ0v) is 18.0. The number of Topliss-reactive ketones (excluding diaryl/α,β-unsaturated/α-hetero) is 1. The molecule has 2 aromatic carbocycles. The predicted molar refractivity (Wildman–Crippen MR) is 116 cm³/mol.